The second kappa shape index (κ2) is 11.5. The van der Waals surface area contributed by atoms with Gasteiger partial charge in [0.25, 0.3) is 0 Å². The summed E-state index contributed by atoms with van der Waals surface area (Å²) < 4.78 is 0. The molecule has 0 bridgehead atoms. The van der Waals surface area contributed by atoms with Gasteiger partial charge in [-0.15, -0.1) is 0 Å². The van der Waals surface area contributed by atoms with Crippen LogP contribution in [0.1, 0.15) is 42.9 Å². The van der Waals surface area contributed by atoms with Gasteiger partial charge in [0.15, 0.2) is 0 Å². The van der Waals surface area contributed by atoms with Gasteiger partial charge < -0.3 is 4.90 Å². The largest absolute Gasteiger partial charge is 0.311 e. The topological polar surface area (TPSA) is 3.24 Å². The molecule has 2 aliphatic carbocycles. The van der Waals surface area contributed by atoms with Crippen LogP contribution in [0, 0.1) is 0 Å². The van der Waals surface area contributed by atoms with Crippen molar-refractivity contribution in [1.29, 1.82) is 0 Å². The first-order valence-corrected chi connectivity index (χ1v) is 16.3. The Kier molecular flexibility index (Phi) is 7.03. The highest BCUT2D eigenvalue weighted by Crippen LogP contribution is 2.50. The van der Waals surface area contributed by atoms with Crippen molar-refractivity contribution in [3.63, 3.8) is 0 Å². The molecule has 0 aromatic heterocycles. The van der Waals surface area contributed by atoms with E-state index in [9.17, 15) is 0 Å². The third kappa shape index (κ3) is 4.89. The van der Waals surface area contributed by atoms with Crippen molar-refractivity contribution in [3.8, 4) is 33.4 Å². The number of rotatable bonds is 6. The molecule has 1 heteroatoms. The van der Waals surface area contributed by atoms with Crippen molar-refractivity contribution in [2.45, 2.75) is 31.6 Å². The van der Waals surface area contributed by atoms with Crippen molar-refractivity contribution in [1.82, 2.24) is 0 Å². The van der Waals surface area contributed by atoms with Crippen LogP contribution in [0.2, 0.25) is 0 Å². The zero-order valence-corrected chi connectivity index (χ0v) is 26.4. The molecule has 0 spiro atoms. The van der Waals surface area contributed by atoms with E-state index in [4.69, 9.17) is 0 Å². The lowest BCUT2D eigenvalue weighted by Gasteiger charge is -2.31. The van der Waals surface area contributed by atoms with Gasteiger partial charge in [-0.1, -0.05) is 153 Å². The molecule has 6 aromatic rings. The minimum Gasteiger partial charge on any atom is -0.311 e. The second-order valence-electron chi connectivity index (χ2n) is 12.9. The lowest BCUT2D eigenvalue weighted by Crippen LogP contribution is -2.19. The van der Waals surface area contributed by atoms with Crippen molar-refractivity contribution in [2.24, 2.45) is 0 Å². The van der Waals surface area contributed by atoms with Gasteiger partial charge >= 0.3 is 0 Å². The van der Waals surface area contributed by atoms with Gasteiger partial charge in [0.1, 0.15) is 0 Å². The van der Waals surface area contributed by atoms with Gasteiger partial charge in [0, 0.05) is 28.4 Å². The summed E-state index contributed by atoms with van der Waals surface area (Å²) in [5.41, 5.74) is 15.2. The average Bonchev–Trinajstić information content (AvgIpc) is 3.35. The lowest BCUT2D eigenvalue weighted by molar-refractivity contribution is 0.660. The van der Waals surface area contributed by atoms with Gasteiger partial charge in [-0.2, -0.15) is 0 Å². The number of fused-ring (bicyclic) bond motifs is 3. The van der Waals surface area contributed by atoms with E-state index >= 15 is 0 Å². The Labute approximate surface area is 272 Å². The maximum Gasteiger partial charge on any atom is 0.0468 e. The molecular weight excluding hydrogens is 555 g/mol. The maximum absolute atomic E-state index is 2.46. The molecule has 2 aliphatic rings. The van der Waals surface area contributed by atoms with Crippen LogP contribution in [-0.4, -0.2) is 0 Å². The van der Waals surface area contributed by atoms with Gasteiger partial charge in [0.05, 0.1) is 0 Å². The van der Waals surface area contributed by atoms with Gasteiger partial charge in [-0.25, -0.2) is 0 Å². The average molecular weight is 592 g/mol. The summed E-state index contributed by atoms with van der Waals surface area (Å²) in [6.45, 7) is 4.72. The second-order valence-corrected chi connectivity index (χ2v) is 12.9. The Balaban J connectivity index is 1.28. The van der Waals surface area contributed by atoms with E-state index in [1.165, 1.54) is 61.5 Å². The Bertz CT molecular complexity index is 2080. The fourth-order valence-corrected chi connectivity index (χ4v) is 7.40. The molecule has 0 heterocycles. The Morgan fingerprint density at radius 1 is 0.522 bits per heavy atom. The molecule has 0 saturated heterocycles. The highest BCUT2D eigenvalue weighted by molar-refractivity contribution is 5.89. The molecule has 0 N–H and O–H groups in total. The van der Waals surface area contributed by atoms with Gasteiger partial charge in [-0.05, 0) is 86.8 Å². The Morgan fingerprint density at radius 2 is 1.09 bits per heavy atom. The van der Waals surface area contributed by atoms with Crippen molar-refractivity contribution < 1.29 is 0 Å². The molecule has 0 amide bonds. The van der Waals surface area contributed by atoms with Crippen LogP contribution in [-0.2, 0) is 5.41 Å². The SMILES string of the molecule is CC1(C)c2ccccc2-c2ccc(N(C3=CCC(c4ccccc4)C=C3)c3ccc(-c4ccccc4)c(-c4ccccc4)c3)cc21. The van der Waals surface area contributed by atoms with Crippen LogP contribution in [0.5, 0.6) is 0 Å². The monoisotopic (exact) mass is 591 g/mol. The molecule has 1 unspecified atom stereocenters. The van der Waals surface area contributed by atoms with Crippen LogP contribution in [0.3, 0.4) is 0 Å². The molecule has 222 valence electrons. The molecule has 8 rings (SSSR count). The van der Waals surface area contributed by atoms with E-state index < -0.39 is 0 Å². The first kappa shape index (κ1) is 28.1. The third-order valence-electron chi connectivity index (χ3n) is 9.82. The highest BCUT2D eigenvalue weighted by Gasteiger charge is 2.36. The molecular formula is C45H37N. The Morgan fingerprint density at radius 3 is 1.76 bits per heavy atom. The summed E-state index contributed by atoms with van der Waals surface area (Å²) >= 11 is 0. The summed E-state index contributed by atoms with van der Waals surface area (Å²) in [6, 6.07) is 55.3. The smallest absolute Gasteiger partial charge is 0.0468 e. The van der Waals surface area contributed by atoms with E-state index in [0.29, 0.717) is 5.92 Å². The van der Waals surface area contributed by atoms with Gasteiger partial charge in [0.2, 0.25) is 0 Å². The first-order valence-electron chi connectivity index (χ1n) is 16.3. The number of anilines is 2. The lowest BCUT2D eigenvalue weighted by atomic mass is 9.82. The number of hydrogen-bond acceptors (Lipinski definition) is 1. The fraction of sp³-hybridized carbons (Fsp3) is 0.111. The molecule has 0 radical (unpaired) electrons. The minimum absolute atomic E-state index is 0.0742. The first-order chi connectivity index (χ1) is 22.6. The number of benzene rings is 6. The van der Waals surface area contributed by atoms with Crippen LogP contribution in [0.25, 0.3) is 33.4 Å². The van der Waals surface area contributed by atoms with Crippen molar-refractivity contribution in [2.75, 3.05) is 4.90 Å². The summed E-state index contributed by atoms with van der Waals surface area (Å²) in [4.78, 5) is 2.46. The predicted molar refractivity (Wildman–Crippen MR) is 194 cm³/mol. The summed E-state index contributed by atoms with van der Waals surface area (Å²) in [5.74, 6) is 0.376. The van der Waals surface area contributed by atoms with E-state index in [1.807, 2.05) is 0 Å². The maximum atomic E-state index is 2.46. The Hall–Kier alpha value is -5.40. The van der Waals surface area contributed by atoms with Crippen molar-refractivity contribution >= 4 is 11.4 Å². The highest BCUT2D eigenvalue weighted by atomic mass is 15.1. The third-order valence-corrected chi connectivity index (χ3v) is 9.82. The molecule has 1 atom stereocenters. The molecule has 6 aromatic carbocycles. The summed E-state index contributed by atoms with van der Waals surface area (Å²) in [5, 5.41) is 0. The van der Waals surface area contributed by atoms with E-state index in [2.05, 4.69) is 189 Å². The van der Waals surface area contributed by atoms with Crippen LogP contribution < -0.4 is 4.90 Å². The standard InChI is InChI=1S/C45H37N/c1-45(2)43-21-13-12-20-40(43)41-29-27-38(31-44(41)45)46(36-24-22-33(23-25-36)32-14-6-3-7-15-32)37-26-28-39(34-16-8-4-9-17-34)42(30-37)35-18-10-5-11-19-35/h3-22,24-31,33H,23H2,1-2H3. The molecule has 0 saturated carbocycles. The molecule has 0 fully saturated rings. The van der Waals surface area contributed by atoms with E-state index in [-0.39, 0.29) is 5.41 Å². The van der Waals surface area contributed by atoms with Crippen LogP contribution >= 0.6 is 0 Å². The number of hydrogen-bond donors (Lipinski definition) is 0. The number of nitrogens with zero attached hydrogens (tertiary/aromatic N) is 1. The zero-order valence-electron chi connectivity index (χ0n) is 26.4. The molecule has 0 aliphatic heterocycles. The summed E-state index contributed by atoms with van der Waals surface area (Å²) in [6.07, 6.45) is 8.07. The minimum atomic E-state index is -0.0742. The molecule has 1 nitrogen and oxygen atoms in total. The zero-order chi connectivity index (χ0) is 31.1. The quantitative estimate of drug-likeness (QED) is 0.186. The summed E-state index contributed by atoms with van der Waals surface area (Å²) in [7, 11) is 0. The van der Waals surface area contributed by atoms with Crippen molar-refractivity contribution in [3.05, 3.63) is 192 Å². The normalized spacial score (nSPS) is 16.0. The van der Waals surface area contributed by atoms with Crippen LogP contribution in [0.15, 0.2) is 176 Å². The van der Waals surface area contributed by atoms with E-state index in [0.717, 1.165) is 12.1 Å². The van der Waals surface area contributed by atoms with Crippen LogP contribution in [0.4, 0.5) is 11.4 Å². The fourth-order valence-electron chi connectivity index (χ4n) is 7.40. The van der Waals surface area contributed by atoms with E-state index in [1.54, 1.807) is 0 Å². The van der Waals surface area contributed by atoms with Gasteiger partial charge in [-0.3, -0.25) is 0 Å². The molecule has 46 heavy (non-hydrogen) atoms. The number of allylic oxidation sites excluding steroid dienone is 3. The predicted octanol–water partition coefficient (Wildman–Crippen LogP) is 12.1.